The number of ether oxygens (including phenoxy) is 3. The number of hydrogen-bond acceptors (Lipinski definition) is 4. The molecule has 0 amide bonds. The SMILES string of the molecule is COc1ccc(C2OC2c2ccncc2)cc1OC1CCCC1. The van der Waals surface area contributed by atoms with Gasteiger partial charge in [0, 0.05) is 12.4 Å². The fraction of sp³-hybridized carbons (Fsp3) is 0.421. The maximum absolute atomic E-state index is 6.17. The number of rotatable bonds is 5. The largest absolute Gasteiger partial charge is 0.493 e. The minimum atomic E-state index is 0.0919. The first-order valence-corrected chi connectivity index (χ1v) is 8.25. The molecular weight excluding hydrogens is 290 g/mol. The average Bonchev–Trinajstić information content (AvgIpc) is 3.25. The molecule has 1 aliphatic carbocycles. The Morgan fingerprint density at radius 2 is 1.70 bits per heavy atom. The van der Waals surface area contributed by atoms with Crippen molar-refractivity contribution in [3.63, 3.8) is 0 Å². The van der Waals surface area contributed by atoms with Gasteiger partial charge in [0.05, 0.1) is 13.2 Å². The highest BCUT2D eigenvalue weighted by Gasteiger charge is 2.41. The third-order valence-electron chi connectivity index (χ3n) is 4.64. The molecule has 2 atom stereocenters. The summed E-state index contributed by atoms with van der Waals surface area (Å²) in [6.07, 6.45) is 8.90. The summed E-state index contributed by atoms with van der Waals surface area (Å²) in [5, 5.41) is 0. The van der Waals surface area contributed by atoms with Crippen LogP contribution < -0.4 is 9.47 Å². The van der Waals surface area contributed by atoms with Crippen molar-refractivity contribution in [2.75, 3.05) is 7.11 Å². The minimum Gasteiger partial charge on any atom is -0.493 e. The van der Waals surface area contributed by atoms with Crippen LogP contribution in [0, 0.1) is 0 Å². The zero-order chi connectivity index (χ0) is 15.6. The lowest BCUT2D eigenvalue weighted by Gasteiger charge is -2.16. The number of nitrogens with zero attached hydrogens (tertiary/aromatic N) is 1. The number of epoxide rings is 1. The molecule has 0 radical (unpaired) electrons. The van der Waals surface area contributed by atoms with E-state index in [0.717, 1.165) is 29.9 Å². The van der Waals surface area contributed by atoms with Gasteiger partial charge in [-0.15, -0.1) is 0 Å². The van der Waals surface area contributed by atoms with Gasteiger partial charge in [-0.3, -0.25) is 4.98 Å². The molecule has 2 aromatic rings. The van der Waals surface area contributed by atoms with Crippen LogP contribution in [-0.2, 0) is 4.74 Å². The van der Waals surface area contributed by atoms with Crippen molar-refractivity contribution < 1.29 is 14.2 Å². The Morgan fingerprint density at radius 3 is 2.43 bits per heavy atom. The molecule has 0 bridgehead atoms. The Labute approximate surface area is 136 Å². The highest BCUT2D eigenvalue weighted by molar-refractivity contribution is 5.45. The van der Waals surface area contributed by atoms with Gasteiger partial charge < -0.3 is 14.2 Å². The van der Waals surface area contributed by atoms with Crippen molar-refractivity contribution >= 4 is 0 Å². The average molecular weight is 311 g/mol. The van der Waals surface area contributed by atoms with Crippen LogP contribution in [0.3, 0.4) is 0 Å². The molecule has 23 heavy (non-hydrogen) atoms. The van der Waals surface area contributed by atoms with Crippen molar-refractivity contribution in [1.82, 2.24) is 4.98 Å². The first-order valence-electron chi connectivity index (χ1n) is 8.25. The van der Waals surface area contributed by atoms with E-state index >= 15 is 0 Å². The molecule has 4 heteroatoms. The normalized spacial score (nSPS) is 23.7. The third kappa shape index (κ3) is 3.04. The van der Waals surface area contributed by atoms with Crippen LogP contribution in [0.15, 0.2) is 42.7 Å². The Kier molecular flexibility index (Phi) is 3.92. The van der Waals surface area contributed by atoms with Crippen LogP contribution in [0.4, 0.5) is 0 Å². The van der Waals surface area contributed by atoms with Crippen LogP contribution in [0.5, 0.6) is 11.5 Å². The molecular formula is C19H21NO3. The summed E-state index contributed by atoms with van der Waals surface area (Å²) in [5.74, 6) is 1.63. The van der Waals surface area contributed by atoms with Crippen molar-refractivity contribution in [3.8, 4) is 11.5 Å². The highest BCUT2D eigenvalue weighted by Crippen LogP contribution is 2.52. The number of benzene rings is 1. The Bertz CT molecular complexity index is 668. The van der Waals surface area contributed by atoms with E-state index in [2.05, 4.69) is 17.1 Å². The van der Waals surface area contributed by atoms with Gasteiger partial charge in [-0.1, -0.05) is 6.07 Å². The van der Waals surface area contributed by atoms with Gasteiger partial charge in [-0.05, 0) is 61.1 Å². The molecule has 2 aliphatic rings. The van der Waals surface area contributed by atoms with E-state index in [1.807, 2.05) is 18.2 Å². The lowest BCUT2D eigenvalue weighted by molar-refractivity contribution is 0.200. The van der Waals surface area contributed by atoms with E-state index in [0.29, 0.717) is 6.10 Å². The molecule has 4 rings (SSSR count). The molecule has 120 valence electrons. The predicted octanol–water partition coefficient (Wildman–Crippen LogP) is 4.22. The van der Waals surface area contributed by atoms with Gasteiger partial charge in [0.2, 0.25) is 0 Å². The standard InChI is InChI=1S/C19H21NO3/c1-21-16-7-6-14(12-17(16)22-15-4-2-3-5-15)19-18(23-19)13-8-10-20-11-9-13/h6-12,15,18-19H,2-5H2,1H3. The van der Waals surface area contributed by atoms with Crippen LogP contribution in [0.25, 0.3) is 0 Å². The first kappa shape index (κ1) is 14.5. The van der Waals surface area contributed by atoms with Crippen LogP contribution in [-0.4, -0.2) is 18.2 Å². The van der Waals surface area contributed by atoms with E-state index in [9.17, 15) is 0 Å². The molecule has 4 nitrogen and oxygen atoms in total. The second kappa shape index (κ2) is 6.20. The Hall–Kier alpha value is -2.07. The van der Waals surface area contributed by atoms with E-state index in [1.165, 1.54) is 18.4 Å². The van der Waals surface area contributed by atoms with Gasteiger partial charge in [0.1, 0.15) is 12.2 Å². The topological polar surface area (TPSA) is 43.9 Å². The molecule has 2 fully saturated rings. The summed E-state index contributed by atoms with van der Waals surface area (Å²) in [5.41, 5.74) is 2.31. The molecule has 1 saturated heterocycles. The number of methoxy groups -OCH3 is 1. The Balaban J connectivity index is 1.53. The van der Waals surface area contributed by atoms with Gasteiger partial charge in [-0.2, -0.15) is 0 Å². The summed E-state index contributed by atoms with van der Waals surface area (Å²) >= 11 is 0. The summed E-state index contributed by atoms with van der Waals surface area (Å²) in [6, 6.07) is 10.1. The second-order valence-electron chi connectivity index (χ2n) is 6.19. The van der Waals surface area contributed by atoms with E-state index in [4.69, 9.17) is 14.2 Å². The molecule has 1 aliphatic heterocycles. The fourth-order valence-corrected chi connectivity index (χ4v) is 3.32. The van der Waals surface area contributed by atoms with Crippen LogP contribution in [0.1, 0.15) is 49.0 Å². The molecule has 1 aromatic carbocycles. The van der Waals surface area contributed by atoms with Gasteiger partial charge in [-0.25, -0.2) is 0 Å². The zero-order valence-electron chi connectivity index (χ0n) is 13.3. The molecule has 2 unspecified atom stereocenters. The lowest BCUT2D eigenvalue weighted by atomic mass is 10.0. The fourth-order valence-electron chi connectivity index (χ4n) is 3.32. The van der Waals surface area contributed by atoms with E-state index in [1.54, 1.807) is 19.5 Å². The van der Waals surface area contributed by atoms with Crippen molar-refractivity contribution in [2.24, 2.45) is 0 Å². The summed E-state index contributed by atoms with van der Waals surface area (Å²) in [7, 11) is 1.68. The van der Waals surface area contributed by atoms with Crippen LogP contribution in [0.2, 0.25) is 0 Å². The van der Waals surface area contributed by atoms with Gasteiger partial charge in [0.15, 0.2) is 11.5 Å². The summed E-state index contributed by atoms with van der Waals surface area (Å²) in [4.78, 5) is 4.06. The molecule has 0 N–H and O–H groups in total. The molecule has 1 saturated carbocycles. The first-order chi connectivity index (χ1) is 11.3. The smallest absolute Gasteiger partial charge is 0.161 e. The summed E-state index contributed by atoms with van der Waals surface area (Å²) < 4.78 is 17.5. The quantitative estimate of drug-likeness (QED) is 0.775. The van der Waals surface area contributed by atoms with Gasteiger partial charge >= 0.3 is 0 Å². The van der Waals surface area contributed by atoms with Crippen molar-refractivity contribution in [1.29, 1.82) is 0 Å². The molecule has 1 aromatic heterocycles. The van der Waals surface area contributed by atoms with E-state index < -0.39 is 0 Å². The van der Waals surface area contributed by atoms with E-state index in [-0.39, 0.29) is 12.2 Å². The maximum Gasteiger partial charge on any atom is 0.161 e. The van der Waals surface area contributed by atoms with Crippen molar-refractivity contribution in [2.45, 2.75) is 44.0 Å². The summed E-state index contributed by atoms with van der Waals surface area (Å²) in [6.45, 7) is 0. The monoisotopic (exact) mass is 311 g/mol. The molecule has 0 spiro atoms. The molecule has 2 heterocycles. The maximum atomic E-state index is 6.17. The number of aromatic nitrogens is 1. The third-order valence-corrected chi connectivity index (χ3v) is 4.64. The highest BCUT2D eigenvalue weighted by atomic mass is 16.6. The number of pyridine rings is 1. The zero-order valence-corrected chi connectivity index (χ0v) is 13.3. The van der Waals surface area contributed by atoms with Crippen molar-refractivity contribution in [3.05, 3.63) is 53.9 Å². The second-order valence-corrected chi connectivity index (χ2v) is 6.19. The Morgan fingerprint density at radius 1 is 0.957 bits per heavy atom. The minimum absolute atomic E-state index is 0.0919. The van der Waals surface area contributed by atoms with Crippen LogP contribution >= 0.6 is 0 Å². The van der Waals surface area contributed by atoms with Gasteiger partial charge in [0.25, 0.3) is 0 Å². The number of hydrogen-bond donors (Lipinski definition) is 0. The lowest BCUT2D eigenvalue weighted by Crippen LogP contribution is -2.11. The predicted molar refractivity (Wildman–Crippen MR) is 86.7 cm³/mol.